The summed E-state index contributed by atoms with van der Waals surface area (Å²) >= 11 is 1.33. The second-order valence-electron chi connectivity index (χ2n) is 7.52. The third-order valence-corrected chi connectivity index (χ3v) is 6.19. The van der Waals surface area contributed by atoms with Gasteiger partial charge in [0, 0.05) is 12.1 Å². The van der Waals surface area contributed by atoms with Crippen LogP contribution in [0, 0.1) is 0 Å². The summed E-state index contributed by atoms with van der Waals surface area (Å²) in [6.07, 6.45) is 0.491. The fraction of sp³-hybridized carbons (Fsp3) is 0.120. The van der Waals surface area contributed by atoms with E-state index in [9.17, 15) is 9.59 Å². The number of ether oxygens (including phenoxy) is 1. The predicted octanol–water partition coefficient (Wildman–Crippen LogP) is 4.97. The normalized spacial score (nSPS) is 15.5. The summed E-state index contributed by atoms with van der Waals surface area (Å²) in [5, 5.41) is 2.98. The number of rotatable bonds is 7. The Labute approximate surface area is 194 Å². The number of fused-ring (bicyclic) bond motifs is 1. The Kier molecular flexibility index (Phi) is 5.91. The fourth-order valence-corrected chi connectivity index (χ4v) is 4.57. The number of nitrogens with zero attached hydrogens (tertiary/aromatic N) is 2. The molecule has 7 nitrogen and oxygen atoms in total. The van der Waals surface area contributed by atoms with Crippen molar-refractivity contribution in [2.24, 2.45) is 4.99 Å². The van der Waals surface area contributed by atoms with Crippen molar-refractivity contribution in [2.75, 3.05) is 5.32 Å². The van der Waals surface area contributed by atoms with E-state index < -0.39 is 5.25 Å². The first-order chi connectivity index (χ1) is 16.1. The summed E-state index contributed by atoms with van der Waals surface area (Å²) in [5.41, 5.74) is 2.45. The summed E-state index contributed by atoms with van der Waals surface area (Å²) < 4.78 is 5.76. The Morgan fingerprint density at radius 2 is 1.70 bits per heavy atom. The van der Waals surface area contributed by atoms with Gasteiger partial charge in [0.1, 0.15) is 22.6 Å². The van der Waals surface area contributed by atoms with E-state index in [-0.39, 0.29) is 18.2 Å². The van der Waals surface area contributed by atoms with E-state index in [2.05, 4.69) is 20.3 Å². The summed E-state index contributed by atoms with van der Waals surface area (Å²) in [6, 6.07) is 24.3. The minimum atomic E-state index is -0.523. The highest BCUT2D eigenvalue weighted by Gasteiger charge is 2.30. The lowest BCUT2D eigenvalue weighted by Gasteiger charge is -2.10. The molecule has 0 saturated heterocycles. The summed E-state index contributed by atoms with van der Waals surface area (Å²) in [7, 11) is 0. The second-order valence-corrected chi connectivity index (χ2v) is 8.80. The maximum absolute atomic E-state index is 12.5. The van der Waals surface area contributed by atoms with Crippen LogP contribution in [0.1, 0.15) is 12.2 Å². The molecule has 3 aromatic carbocycles. The molecule has 2 amide bonds. The molecule has 0 fully saturated rings. The number of aliphatic imine (C=N–C) groups is 1. The Bertz CT molecular complexity index is 1300. The number of hydrogen-bond donors (Lipinski definition) is 2. The zero-order chi connectivity index (χ0) is 22.6. The van der Waals surface area contributed by atoms with Gasteiger partial charge < -0.3 is 15.0 Å². The van der Waals surface area contributed by atoms with Crippen molar-refractivity contribution in [3.8, 4) is 11.5 Å². The molecule has 8 heteroatoms. The fourth-order valence-electron chi connectivity index (χ4n) is 3.49. The van der Waals surface area contributed by atoms with Gasteiger partial charge in [-0.05, 0) is 48.5 Å². The number of para-hydroxylation sites is 3. The number of aromatic amines is 1. The molecule has 1 atom stereocenters. The molecule has 2 heterocycles. The molecule has 4 aromatic rings. The average Bonchev–Trinajstić information content (AvgIpc) is 3.38. The Hall–Kier alpha value is -3.91. The van der Waals surface area contributed by atoms with Gasteiger partial charge in [0.05, 0.1) is 22.5 Å². The number of thioether (sulfide) groups is 1. The van der Waals surface area contributed by atoms with Gasteiger partial charge in [-0.3, -0.25) is 9.59 Å². The molecule has 2 N–H and O–H groups in total. The van der Waals surface area contributed by atoms with Crippen molar-refractivity contribution in [1.82, 2.24) is 9.97 Å². The maximum atomic E-state index is 12.5. The molecule has 0 spiro atoms. The lowest BCUT2D eigenvalue weighted by Crippen LogP contribution is -2.21. The molecule has 1 unspecified atom stereocenters. The Balaban J connectivity index is 1.14. The van der Waals surface area contributed by atoms with Gasteiger partial charge in [-0.15, -0.1) is 0 Å². The first-order valence-electron chi connectivity index (χ1n) is 10.5. The van der Waals surface area contributed by atoms with Crippen LogP contribution in [-0.4, -0.2) is 32.1 Å². The largest absolute Gasteiger partial charge is 0.457 e. The number of H-pyrrole nitrogens is 1. The molecule has 0 saturated carbocycles. The van der Waals surface area contributed by atoms with Gasteiger partial charge in [0.2, 0.25) is 5.91 Å². The first-order valence-corrected chi connectivity index (χ1v) is 11.3. The van der Waals surface area contributed by atoms with Crippen LogP contribution in [0.4, 0.5) is 5.69 Å². The molecule has 0 aliphatic carbocycles. The van der Waals surface area contributed by atoms with Crippen molar-refractivity contribution >= 4 is 45.3 Å². The molecule has 0 radical (unpaired) electrons. The van der Waals surface area contributed by atoms with Crippen molar-refractivity contribution in [3.63, 3.8) is 0 Å². The lowest BCUT2D eigenvalue weighted by atomic mass is 10.2. The number of aromatic nitrogens is 2. The summed E-state index contributed by atoms with van der Waals surface area (Å²) in [6.45, 7) is 0. The monoisotopic (exact) mass is 456 g/mol. The maximum Gasteiger partial charge on any atom is 0.260 e. The van der Waals surface area contributed by atoms with Crippen molar-refractivity contribution < 1.29 is 14.3 Å². The van der Waals surface area contributed by atoms with Gasteiger partial charge in [-0.1, -0.05) is 42.1 Å². The lowest BCUT2D eigenvalue weighted by molar-refractivity contribution is -0.121. The second kappa shape index (κ2) is 9.30. The molecule has 33 heavy (non-hydrogen) atoms. The van der Waals surface area contributed by atoms with E-state index in [1.54, 1.807) is 24.3 Å². The molecular formula is C25H20N4O3S. The van der Waals surface area contributed by atoms with Crippen LogP contribution in [0.15, 0.2) is 83.9 Å². The smallest absolute Gasteiger partial charge is 0.260 e. The van der Waals surface area contributed by atoms with E-state index in [0.29, 0.717) is 22.9 Å². The topological polar surface area (TPSA) is 96.4 Å². The highest BCUT2D eigenvalue weighted by Crippen LogP contribution is 2.28. The van der Waals surface area contributed by atoms with E-state index in [4.69, 9.17) is 4.74 Å². The number of carbonyl (C=O) groups is 2. The molecule has 0 bridgehead atoms. The molecule has 1 aliphatic heterocycles. The molecule has 1 aromatic heterocycles. The molecular weight excluding hydrogens is 436 g/mol. The minimum absolute atomic E-state index is 0.0545. The van der Waals surface area contributed by atoms with Crippen molar-refractivity contribution in [1.29, 1.82) is 0 Å². The van der Waals surface area contributed by atoms with E-state index in [1.165, 1.54) is 11.8 Å². The van der Waals surface area contributed by atoms with Gasteiger partial charge in [0.15, 0.2) is 0 Å². The van der Waals surface area contributed by atoms with Crippen LogP contribution >= 0.6 is 11.8 Å². The van der Waals surface area contributed by atoms with Crippen LogP contribution in [0.25, 0.3) is 11.0 Å². The summed E-state index contributed by atoms with van der Waals surface area (Å²) in [5.74, 6) is 1.64. The van der Waals surface area contributed by atoms with Gasteiger partial charge in [0.25, 0.3) is 5.91 Å². The molecule has 5 rings (SSSR count). The van der Waals surface area contributed by atoms with Crippen LogP contribution in [0.5, 0.6) is 11.5 Å². The van der Waals surface area contributed by atoms with Gasteiger partial charge >= 0.3 is 0 Å². The van der Waals surface area contributed by atoms with Crippen LogP contribution in [0.2, 0.25) is 0 Å². The zero-order valence-electron chi connectivity index (χ0n) is 17.5. The first kappa shape index (κ1) is 21.0. The third kappa shape index (κ3) is 5.12. The zero-order valence-corrected chi connectivity index (χ0v) is 18.3. The highest BCUT2D eigenvalue weighted by atomic mass is 32.2. The third-order valence-electron chi connectivity index (χ3n) is 5.03. The van der Waals surface area contributed by atoms with Crippen molar-refractivity contribution in [2.45, 2.75) is 18.1 Å². The average molecular weight is 457 g/mol. The number of benzene rings is 3. The number of nitrogens with one attached hydrogen (secondary N) is 2. The van der Waals surface area contributed by atoms with Crippen molar-refractivity contribution in [3.05, 3.63) is 84.7 Å². The Morgan fingerprint density at radius 1 is 0.970 bits per heavy atom. The molecule has 164 valence electrons. The predicted molar refractivity (Wildman–Crippen MR) is 130 cm³/mol. The number of imidazole rings is 1. The highest BCUT2D eigenvalue weighted by molar-refractivity contribution is 8.15. The quantitative estimate of drug-likeness (QED) is 0.409. The minimum Gasteiger partial charge on any atom is -0.457 e. The standard InChI is InChI=1S/C25H20N4O3S/c30-23(26-16-10-12-18(13-11-16)32-17-6-2-1-3-7-17)14-21-25(31)29-24(33-21)15-22-27-19-8-4-5-9-20(19)28-22/h1-13,21H,14-15H2,(H,26,30)(H,27,28). The number of amides is 2. The molecule has 1 aliphatic rings. The van der Waals surface area contributed by atoms with Gasteiger partial charge in [-0.25, -0.2) is 9.98 Å². The number of hydrogen-bond acceptors (Lipinski definition) is 5. The van der Waals surface area contributed by atoms with Gasteiger partial charge in [-0.2, -0.15) is 0 Å². The number of carbonyl (C=O) groups excluding carboxylic acids is 2. The van der Waals surface area contributed by atoms with E-state index in [0.717, 1.165) is 22.6 Å². The SMILES string of the molecule is O=C(CC1SC(Cc2nc3ccccc3[nH]2)=NC1=O)Nc1ccc(Oc2ccccc2)cc1. The summed E-state index contributed by atoms with van der Waals surface area (Å²) in [4.78, 5) is 36.7. The van der Waals surface area contributed by atoms with E-state index in [1.807, 2.05) is 54.6 Å². The number of anilines is 1. The Morgan fingerprint density at radius 3 is 2.48 bits per heavy atom. The van der Waals surface area contributed by atoms with E-state index >= 15 is 0 Å². The van der Waals surface area contributed by atoms with Crippen LogP contribution in [0.3, 0.4) is 0 Å². The van der Waals surface area contributed by atoms with Crippen LogP contribution in [-0.2, 0) is 16.0 Å². The van der Waals surface area contributed by atoms with Crippen LogP contribution < -0.4 is 10.1 Å².